The Morgan fingerprint density at radius 1 is 0.369 bits per heavy atom. The normalized spacial score (nSPS) is 12.2. The van der Waals surface area contributed by atoms with Crippen LogP contribution in [0, 0.1) is 29.6 Å². The summed E-state index contributed by atoms with van der Waals surface area (Å²) >= 11 is 11.9. The lowest BCUT2D eigenvalue weighted by Crippen LogP contribution is -2.45. The van der Waals surface area contributed by atoms with Gasteiger partial charge in [-0.25, -0.2) is 0 Å². The monoisotopic (exact) mass is 1880 g/mol. The van der Waals surface area contributed by atoms with Crippen LogP contribution in [0.1, 0.15) is 216 Å². The Bertz CT molecular complexity index is 4540. The number of carboxylic acid groups (broad SMARTS) is 1. The molecule has 0 heterocycles. The maximum atomic E-state index is 13.2. The van der Waals surface area contributed by atoms with E-state index >= 15 is 0 Å². The number of thioether (sulfide) groups is 4. The van der Waals surface area contributed by atoms with E-state index in [2.05, 4.69) is 111 Å². The van der Waals surface area contributed by atoms with Gasteiger partial charge in [0.15, 0.2) is 11.6 Å². The topological polar surface area (TPSA) is 333 Å². The first-order chi connectivity index (χ1) is 59.9. The van der Waals surface area contributed by atoms with Crippen LogP contribution in [0.5, 0.6) is 0 Å². The van der Waals surface area contributed by atoms with Crippen molar-refractivity contribution in [2.24, 2.45) is 41.1 Å². The highest BCUT2D eigenvalue weighted by Crippen LogP contribution is 2.31. The first kappa shape index (κ1) is 120. The molecule has 8 N–H and O–H groups in total. The van der Waals surface area contributed by atoms with Gasteiger partial charge in [0.1, 0.15) is 38.2 Å². The van der Waals surface area contributed by atoms with E-state index in [0.717, 1.165) is 28.0 Å². The molecule has 0 bridgehead atoms. The number of Topliss-reactive ketones (excluding diaryl/α,β-unsaturated/α-hetero) is 3. The molecule has 6 atom stereocenters. The number of hydrogen-bond acceptors (Lipinski definition) is 21. The van der Waals surface area contributed by atoms with Crippen molar-refractivity contribution in [3.8, 4) is 0 Å². The molecule has 0 aliphatic heterocycles. The van der Waals surface area contributed by atoms with E-state index in [1.165, 1.54) is 0 Å². The molecule has 3 amide bonds. The summed E-state index contributed by atoms with van der Waals surface area (Å²) in [5.74, 6) is -1.78. The minimum absolute atomic E-state index is 0. The van der Waals surface area contributed by atoms with E-state index < -0.39 is 41.1 Å². The molecule has 8 aromatic carbocycles. The van der Waals surface area contributed by atoms with Crippen LogP contribution in [-0.4, -0.2) is 149 Å². The molecule has 8 aromatic rings. The standard InChI is InChI=1S/C27H35NO4S.C24H29NO4S.C20H33NO2S.C14H21NO2S.C9H9NO3.C7H5ClO.3CH4/c1-19(2)24(28-25(30)21-14-10-7-11-15-21)23(29)16-22(18-33-27(3,4)5)26(31)32-17-20-12-8-6-9-13-20;1-24(2,3)30-17-20(23(28)29-16-18-10-6-4-7-11-18)14-21(26)15-25-22(27)19-12-8-5-9-13-19;1-15(2)19(21)18(22)11-17(14-24-20(3,4)5)13-23-12-16-9-7-6-8-10-16;1-14(2,3)18-10-12(15)13(16)17-9-11-7-5-4-6-8-11;11-8(12)6-10-9(13)7-4-2-1-3-5-7;8-7(9)6-4-2-1-3-5-6;;;/h6-15,19,22,24H,16-18H2,1-5H3,(H,28,30);4-13,20H,14-17H2,1-3H3,(H,25,27);6-10,15,17,19H,11-14,21H2,1-5H3;4-8,12H,9-10,15H2,1-3H3;1-5H,6H2,(H,10,13)(H,11,12);1-5H;3*1H4/t22-,24-;20-;17-,19+;12-;;;;;/m0010...../s1. The zero-order chi connectivity index (χ0) is 94.6. The van der Waals surface area contributed by atoms with Gasteiger partial charge in [-0.1, -0.05) is 339 Å². The Balaban J connectivity index is 0.00000159. The molecule has 130 heavy (non-hydrogen) atoms. The molecule has 21 nitrogen and oxygen atoms in total. The molecule has 0 aliphatic carbocycles. The summed E-state index contributed by atoms with van der Waals surface area (Å²) in [6.45, 7) is 34.4. The number of nitrogens with two attached hydrogens (primary N) is 2. The van der Waals surface area contributed by atoms with Crippen molar-refractivity contribution in [2.75, 3.05) is 42.7 Å². The van der Waals surface area contributed by atoms with Crippen LogP contribution in [-0.2, 0) is 78.9 Å². The SMILES string of the molecule is C.C.C.CC(C)(C)SC[C@H](CC(=O)CNC(=O)c1ccccc1)C(=O)OCc1ccccc1.CC(C)(C)SC[C@H](N)C(=O)OCc1ccccc1.CC(C)[C@H](N)C(=O)C[C@H](COCc1ccccc1)CSC(C)(C)C.CC(C)[C@H](NC(=O)c1ccccc1)C(=O)C[C@@H](CSC(C)(C)C)C(=O)OCc1ccccc1.O=C(Cl)c1ccccc1.O=C(O)CNC(=O)c1ccccc1. The van der Waals surface area contributed by atoms with Crippen LogP contribution in [0.3, 0.4) is 0 Å². The number of amides is 3. The second kappa shape index (κ2) is 65.0. The summed E-state index contributed by atoms with van der Waals surface area (Å²) in [7, 11) is 0. The van der Waals surface area contributed by atoms with Gasteiger partial charge in [0, 0.05) is 77.8 Å². The second-order valence-corrected chi connectivity index (χ2v) is 42.1. The lowest BCUT2D eigenvalue weighted by molar-refractivity contribution is -0.151. The minimum Gasteiger partial charge on any atom is -0.480 e. The smallest absolute Gasteiger partial charge is 0.324 e. The number of benzene rings is 8. The van der Waals surface area contributed by atoms with Crippen molar-refractivity contribution in [3.63, 3.8) is 0 Å². The largest absolute Gasteiger partial charge is 0.480 e. The van der Waals surface area contributed by atoms with E-state index in [-0.39, 0.29) is 158 Å². The number of carboxylic acids is 1. The van der Waals surface area contributed by atoms with Gasteiger partial charge in [0.2, 0.25) is 0 Å². The predicted molar refractivity (Wildman–Crippen MR) is 538 cm³/mol. The molecule has 0 saturated carbocycles. The van der Waals surface area contributed by atoms with Crippen LogP contribution < -0.4 is 27.4 Å². The van der Waals surface area contributed by atoms with Crippen molar-refractivity contribution in [3.05, 3.63) is 287 Å². The number of nitrogens with one attached hydrogen (secondary N) is 3. The second-order valence-electron chi connectivity index (χ2n) is 34.4. The van der Waals surface area contributed by atoms with Crippen LogP contribution in [0.15, 0.2) is 243 Å². The van der Waals surface area contributed by atoms with Crippen molar-refractivity contribution in [1.29, 1.82) is 0 Å². The number of halogens is 1. The molecule has 0 unspecified atom stereocenters. The Kier molecular flexibility index (Phi) is 60.1. The number of carbonyl (C=O) groups is 11. The fraction of sp³-hybridized carbons (Fsp3) is 0.433. The zero-order valence-corrected chi connectivity index (χ0v) is 80.4. The molecule has 26 heteroatoms. The fourth-order valence-electron chi connectivity index (χ4n) is 10.7. The van der Waals surface area contributed by atoms with Crippen LogP contribution in [0.2, 0.25) is 0 Å². The van der Waals surface area contributed by atoms with Gasteiger partial charge >= 0.3 is 23.9 Å². The molecule has 0 spiro atoms. The van der Waals surface area contributed by atoms with Crippen LogP contribution in [0.25, 0.3) is 0 Å². The highest BCUT2D eigenvalue weighted by Gasteiger charge is 2.33. The lowest BCUT2D eigenvalue weighted by atomic mass is 9.93. The molecule has 0 radical (unpaired) electrons. The van der Waals surface area contributed by atoms with Crippen molar-refractivity contribution in [2.45, 2.75) is 216 Å². The Morgan fingerprint density at radius 3 is 1.01 bits per heavy atom. The Morgan fingerprint density at radius 2 is 0.677 bits per heavy atom. The van der Waals surface area contributed by atoms with E-state index in [9.17, 15) is 52.7 Å². The van der Waals surface area contributed by atoms with Crippen molar-refractivity contribution >= 4 is 123 Å². The van der Waals surface area contributed by atoms with Crippen molar-refractivity contribution in [1.82, 2.24) is 16.0 Å². The zero-order valence-electron chi connectivity index (χ0n) is 76.3. The van der Waals surface area contributed by atoms with Gasteiger partial charge in [-0.05, 0) is 93.8 Å². The van der Waals surface area contributed by atoms with Crippen molar-refractivity contribution < 1.29 is 76.8 Å². The van der Waals surface area contributed by atoms with Gasteiger partial charge < -0.3 is 51.5 Å². The highest BCUT2D eigenvalue weighted by atomic mass is 35.5. The number of carbonyl (C=O) groups excluding carboxylic acids is 10. The summed E-state index contributed by atoms with van der Waals surface area (Å²) < 4.78 is 22.3. The highest BCUT2D eigenvalue weighted by molar-refractivity contribution is 8.01. The van der Waals surface area contributed by atoms with Gasteiger partial charge in [0.05, 0.1) is 43.7 Å². The first-order valence-corrected chi connectivity index (χ1v) is 46.6. The molecular formula is C104H144ClN5O16S4. The molecule has 8 rings (SSSR count). The first-order valence-electron chi connectivity index (χ1n) is 42.3. The lowest BCUT2D eigenvalue weighted by Gasteiger charge is -2.25. The maximum Gasteiger partial charge on any atom is 0.324 e. The fourth-order valence-corrected chi connectivity index (χ4v) is 14.5. The molecular weight excluding hydrogens is 1740 g/mol. The summed E-state index contributed by atoms with van der Waals surface area (Å²) in [4.78, 5) is 132. The van der Waals surface area contributed by atoms with Gasteiger partial charge in [-0.3, -0.25) is 52.7 Å². The quantitative estimate of drug-likeness (QED) is 0.0118. The molecule has 0 saturated heterocycles. The summed E-state index contributed by atoms with van der Waals surface area (Å²) in [6, 6.07) is 71.8. The summed E-state index contributed by atoms with van der Waals surface area (Å²) in [6.07, 6.45) is 0.553. The summed E-state index contributed by atoms with van der Waals surface area (Å²) in [5.41, 5.74) is 17.7. The van der Waals surface area contributed by atoms with E-state index in [4.69, 9.17) is 47.1 Å². The molecule has 0 aromatic heterocycles. The third-order valence-electron chi connectivity index (χ3n) is 17.7. The average molecular weight is 1880 g/mol. The van der Waals surface area contributed by atoms with Crippen LogP contribution >= 0.6 is 58.6 Å². The number of ketones is 3. The maximum absolute atomic E-state index is 13.2. The Labute approximate surface area is 796 Å². The van der Waals surface area contributed by atoms with Gasteiger partial charge in [0.25, 0.3) is 23.0 Å². The third kappa shape index (κ3) is 56.8. The number of hydrogen-bond donors (Lipinski definition) is 6. The summed E-state index contributed by atoms with van der Waals surface area (Å²) in [5, 5.41) is 15.6. The predicted octanol–water partition coefficient (Wildman–Crippen LogP) is 20.9. The average Bonchev–Trinajstić information content (AvgIpc) is 0.849. The van der Waals surface area contributed by atoms with Gasteiger partial charge in [-0.2, -0.15) is 47.0 Å². The Hall–Kier alpha value is -9.70. The number of aliphatic carboxylic acids is 1. The molecule has 0 fully saturated rings. The molecule has 0 aliphatic rings. The van der Waals surface area contributed by atoms with E-state index in [0.29, 0.717) is 59.1 Å². The van der Waals surface area contributed by atoms with E-state index in [1.54, 1.807) is 138 Å². The van der Waals surface area contributed by atoms with E-state index in [1.807, 2.05) is 167 Å². The minimum atomic E-state index is -1.05. The molecule has 712 valence electrons. The van der Waals surface area contributed by atoms with Gasteiger partial charge in [-0.15, -0.1) is 0 Å². The number of esters is 3. The number of rotatable bonds is 40. The number of ether oxygens (including phenoxy) is 4. The van der Waals surface area contributed by atoms with Crippen LogP contribution in [0.4, 0.5) is 0 Å². The third-order valence-corrected chi connectivity index (χ3v) is 23.7.